The van der Waals surface area contributed by atoms with Crippen LogP contribution in [0.3, 0.4) is 0 Å². The Morgan fingerprint density at radius 1 is 0.867 bits per heavy atom. The summed E-state index contributed by atoms with van der Waals surface area (Å²) in [5.41, 5.74) is 0. The van der Waals surface area contributed by atoms with Gasteiger partial charge in [0.25, 0.3) is 0 Å². The highest BCUT2D eigenvalue weighted by Gasteiger charge is 2.62. The number of ether oxygens (including phenoxy) is 2. The van der Waals surface area contributed by atoms with Crippen molar-refractivity contribution in [3.05, 3.63) is 0 Å². The fourth-order valence-corrected chi connectivity index (χ4v) is 0.437. The second kappa shape index (κ2) is 3.51. The predicted molar refractivity (Wildman–Crippen MR) is 32.4 cm³/mol. The molecule has 0 saturated carbocycles. The molecule has 1 fully saturated rings. The molecule has 2 N–H and O–H groups in total. The molecule has 0 atom stereocenters. The van der Waals surface area contributed by atoms with Gasteiger partial charge in [0, 0.05) is 0 Å². The Labute approximate surface area is 79.8 Å². The third-order valence-electron chi connectivity index (χ3n) is 1.00. The molecule has 0 amide bonds. The summed E-state index contributed by atoms with van der Waals surface area (Å²) in [5.74, 6) is -7.68. The number of carbonyl (C=O) groups excluding carboxylic acids is 2. The number of carboxylic acid groups (broad SMARTS) is 2. The summed E-state index contributed by atoms with van der Waals surface area (Å²) in [5, 5.41) is 16.1. The van der Waals surface area contributed by atoms with Gasteiger partial charge in [0.15, 0.2) is 0 Å². The van der Waals surface area contributed by atoms with E-state index in [1.54, 1.807) is 0 Å². The molecule has 0 spiro atoms. The van der Waals surface area contributed by atoms with Crippen LogP contribution in [0.1, 0.15) is 0 Å². The van der Waals surface area contributed by atoms with Crippen LogP contribution in [0.2, 0.25) is 0 Å². The number of esters is 2. The number of carbonyl (C=O) groups is 4. The van der Waals surface area contributed by atoms with Crippen molar-refractivity contribution >= 4 is 23.9 Å². The van der Waals surface area contributed by atoms with Gasteiger partial charge in [0.2, 0.25) is 0 Å². The van der Waals surface area contributed by atoms with Crippen molar-refractivity contribution < 1.29 is 48.6 Å². The van der Waals surface area contributed by atoms with Crippen molar-refractivity contribution in [3.63, 3.8) is 0 Å². The summed E-state index contributed by atoms with van der Waals surface area (Å²) in [6.07, 6.45) is -2.70. The normalized spacial score (nSPS) is 16.3. The Hall–Kier alpha value is -2.20. The molecule has 0 aromatic rings. The summed E-state index contributed by atoms with van der Waals surface area (Å²) in [7, 11) is 0. The highest BCUT2D eigenvalue weighted by Crippen LogP contribution is 2.32. The maximum absolute atomic E-state index is 10.4. The van der Waals surface area contributed by atoms with Gasteiger partial charge in [-0.15, -0.1) is 9.78 Å². The van der Waals surface area contributed by atoms with Crippen molar-refractivity contribution in [2.24, 2.45) is 0 Å². The molecule has 1 rings (SSSR count). The molecule has 0 unspecified atom stereocenters. The highest BCUT2D eigenvalue weighted by atomic mass is 17.5. The molecule has 1 heterocycles. The van der Waals surface area contributed by atoms with E-state index in [1.807, 2.05) is 0 Å². The molecular formula is C5H2O10. The Balaban J connectivity index is 2.54. The average Bonchev–Trinajstić information content (AvgIpc) is 2.84. The van der Waals surface area contributed by atoms with Crippen molar-refractivity contribution in [3.8, 4) is 0 Å². The zero-order valence-electron chi connectivity index (χ0n) is 6.66. The molecule has 0 aromatic heterocycles. The number of hydrogen-bond acceptors (Lipinski definition) is 8. The van der Waals surface area contributed by atoms with Crippen LogP contribution in [-0.2, 0) is 38.4 Å². The lowest BCUT2D eigenvalue weighted by molar-refractivity contribution is -0.236. The summed E-state index contributed by atoms with van der Waals surface area (Å²) < 4.78 is 7.68. The van der Waals surface area contributed by atoms with Crippen LogP contribution < -0.4 is 0 Å². The minimum atomic E-state index is -2.70. The number of hydrogen-bond donors (Lipinski definition) is 2. The zero-order valence-corrected chi connectivity index (χ0v) is 6.66. The standard InChI is InChI=1S/C5H2O10/c6-1(7)3(10)12-5(14-15-5)13-4(11)2(8)9/h(H,6,7)(H,8,9). The lowest BCUT2D eigenvalue weighted by Crippen LogP contribution is -2.33. The summed E-state index contributed by atoms with van der Waals surface area (Å²) in [4.78, 5) is 48.5. The van der Waals surface area contributed by atoms with Crippen LogP contribution in [0.25, 0.3) is 0 Å². The first-order chi connectivity index (χ1) is 6.86. The SMILES string of the molecule is O=C(O)C(=O)OC1(OC(=O)C(=O)O)OO1. The average molecular weight is 222 g/mol. The molecular weight excluding hydrogens is 220 g/mol. The zero-order chi connectivity index (χ0) is 11.6. The van der Waals surface area contributed by atoms with E-state index >= 15 is 0 Å². The van der Waals surface area contributed by atoms with E-state index in [0.717, 1.165) is 0 Å². The van der Waals surface area contributed by atoms with Crippen LogP contribution in [-0.4, -0.2) is 40.2 Å². The maximum Gasteiger partial charge on any atom is 0.569 e. The van der Waals surface area contributed by atoms with Crippen LogP contribution >= 0.6 is 0 Å². The topological polar surface area (TPSA) is 152 Å². The Morgan fingerprint density at radius 3 is 1.40 bits per heavy atom. The smallest absolute Gasteiger partial charge is 0.473 e. The largest absolute Gasteiger partial charge is 0.569 e. The molecule has 1 aliphatic heterocycles. The van der Waals surface area contributed by atoms with Gasteiger partial charge < -0.3 is 19.7 Å². The molecule has 15 heavy (non-hydrogen) atoms. The monoisotopic (exact) mass is 222 g/mol. The Bertz CT molecular complexity index is 308. The second-order valence-electron chi connectivity index (χ2n) is 2.06. The van der Waals surface area contributed by atoms with Gasteiger partial charge in [-0.25, -0.2) is 19.2 Å². The van der Waals surface area contributed by atoms with Gasteiger partial charge in [0.1, 0.15) is 0 Å². The van der Waals surface area contributed by atoms with Crippen LogP contribution in [0, 0.1) is 0 Å². The van der Waals surface area contributed by atoms with Crippen molar-refractivity contribution in [2.45, 2.75) is 6.16 Å². The van der Waals surface area contributed by atoms with Crippen molar-refractivity contribution in [1.29, 1.82) is 0 Å². The quantitative estimate of drug-likeness (QED) is 0.173. The first-order valence-electron chi connectivity index (χ1n) is 3.16. The molecule has 10 heteroatoms. The van der Waals surface area contributed by atoms with E-state index in [4.69, 9.17) is 10.2 Å². The summed E-state index contributed by atoms with van der Waals surface area (Å²) in [6.45, 7) is 0. The van der Waals surface area contributed by atoms with Gasteiger partial charge in [-0.2, -0.15) is 0 Å². The number of rotatable bonds is 2. The third kappa shape index (κ3) is 2.62. The molecule has 0 radical (unpaired) electrons. The third-order valence-corrected chi connectivity index (χ3v) is 1.00. The van der Waals surface area contributed by atoms with Crippen LogP contribution in [0.4, 0.5) is 0 Å². The number of carboxylic acids is 2. The molecule has 1 saturated heterocycles. The predicted octanol–water partition coefficient (Wildman–Crippen LogP) is -2.18. The van der Waals surface area contributed by atoms with E-state index in [1.165, 1.54) is 0 Å². The minimum absolute atomic E-state index is 1.84. The van der Waals surface area contributed by atoms with Gasteiger partial charge in [0.05, 0.1) is 0 Å². The number of aliphatic carboxylic acids is 2. The first-order valence-corrected chi connectivity index (χ1v) is 3.16. The van der Waals surface area contributed by atoms with Crippen LogP contribution in [0.15, 0.2) is 0 Å². The van der Waals surface area contributed by atoms with Gasteiger partial charge in [-0.3, -0.25) is 0 Å². The minimum Gasteiger partial charge on any atom is -0.473 e. The first kappa shape index (κ1) is 10.9. The van der Waals surface area contributed by atoms with E-state index in [2.05, 4.69) is 19.2 Å². The fourth-order valence-electron chi connectivity index (χ4n) is 0.437. The lowest BCUT2D eigenvalue weighted by Gasteiger charge is -2.04. The molecule has 0 aromatic carbocycles. The molecule has 0 aliphatic carbocycles. The van der Waals surface area contributed by atoms with Gasteiger partial charge in [-0.1, -0.05) is 0 Å². The maximum atomic E-state index is 10.4. The summed E-state index contributed by atoms with van der Waals surface area (Å²) in [6, 6.07) is 0. The van der Waals surface area contributed by atoms with E-state index < -0.39 is 30.0 Å². The lowest BCUT2D eigenvalue weighted by atomic mass is 10.7. The van der Waals surface area contributed by atoms with Crippen molar-refractivity contribution in [2.75, 3.05) is 0 Å². The Morgan fingerprint density at radius 2 is 1.20 bits per heavy atom. The molecule has 0 bridgehead atoms. The van der Waals surface area contributed by atoms with Gasteiger partial charge >= 0.3 is 30.0 Å². The highest BCUT2D eigenvalue weighted by molar-refractivity contribution is 6.29. The van der Waals surface area contributed by atoms with Crippen LogP contribution in [0.5, 0.6) is 0 Å². The fraction of sp³-hybridized carbons (Fsp3) is 0.200. The second-order valence-corrected chi connectivity index (χ2v) is 2.06. The Kier molecular flexibility index (Phi) is 2.55. The van der Waals surface area contributed by atoms with E-state index in [0.29, 0.717) is 0 Å². The van der Waals surface area contributed by atoms with Crippen molar-refractivity contribution in [1.82, 2.24) is 0 Å². The van der Waals surface area contributed by atoms with E-state index in [9.17, 15) is 19.2 Å². The molecule has 82 valence electrons. The molecule has 10 nitrogen and oxygen atoms in total. The van der Waals surface area contributed by atoms with Gasteiger partial charge in [-0.05, 0) is 0 Å². The summed E-state index contributed by atoms with van der Waals surface area (Å²) >= 11 is 0. The van der Waals surface area contributed by atoms with E-state index in [-0.39, 0.29) is 0 Å². The molecule has 1 aliphatic rings.